The molecule has 0 spiro atoms. The van der Waals surface area contributed by atoms with Crippen LogP contribution in [0.5, 0.6) is 0 Å². The Labute approximate surface area is 134 Å². The molecule has 2 amide bonds. The molecule has 23 heavy (non-hydrogen) atoms. The molecule has 5 atom stereocenters. The van der Waals surface area contributed by atoms with Crippen LogP contribution in [0.15, 0.2) is 0 Å². The van der Waals surface area contributed by atoms with E-state index in [4.69, 9.17) is 9.84 Å². The number of aliphatic hydroxyl groups is 4. The Morgan fingerprint density at radius 1 is 1.22 bits per heavy atom. The first kappa shape index (κ1) is 19.6. The molecule has 1 fully saturated rings. The highest BCUT2D eigenvalue weighted by molar-refractivity contribution is 5.74. The van der Waals surface area contributed by atoms with Crippen LogP contribution < -0.4 is 10.6 Å². The SMILES string of the molecule is CC(C)C(=O)OCCNC(=O)NC1C(O)CC(CO)C(O)C1O. The molecule has 1 aliphatic carbocycles. The molecular weight excluding hydrogens is 308 g/mol. The van der Waals surface area contributed by atoms with Gasteiger partial charge in [0, 0.05) is 12.5 Å². The van der Waals surface area contributed by atoms with Crippen LogP contribution in [0.4, 0.5) is 4.79 Å². The average molecular weight is 334 g/mol. The number of hydrogen-bond acceptors (Lipinski definition) is 7. The van der Waals surface area contributed by atoms with Crippen molar-refractivity contribution in [3.05, 3.63) is 0 Å². The molecule has 0 aromatic heterocycles. The van der Waals surface area contributed by atoms with Crippen molar-refractivity contribution in [3.63, 3.8) is 0 Å². The first-order chi connectivity index (χ1) is 10.8. The molecule has 5 unspecified atom stereocenters. The number of amides is 2. The van der Waals surface area contributed by atoms with Gasteiger partial charge in [-0.3, -0.25) is 4.79 Å². The molecule has 0 aromatic carbocycles. The van der Waals surface area contributed by atoms with Gasteiger partial charge in [0.15, 0.2) is 0 Å². The number of esters is 1. The van der Waals surface area contributed by atoms with E-state index in [0.717, 1.165) is 0 Å². The van der Waals surface area contributed by atoms with E-state index in [0.29, 0.717) is 0 Å². The summed E-state index contributed by atoms with van der Waals surface area (Å²) in [5.74, 6) is -1.27. The van der Waals surface area contributed by atoms with Crippen LogP contribution in [0.2, 0.25) is 0 Å². The maximum absolute atomic E-state index is 11.7. The molecule has 0 saturated heterocycles. The zero-order chi connectivity index (χ0) is 17.6. The number of carbonyl (C=O) groups is 2. The lowest BCUT2D eigenvalue weighted by atomic mass is 9.80. The predicted octanol–water partition coefficient (Wildman–Crippen LogP) is -2.05. The Morgan fingerprint density at radius 2 is 1.87 bits per heavy atom. The Hall–Kier alpha value is -1.42. The van der Waals surface area contributed by atoms with Crippen molar-refractivity contribution in [2.75, 3.05) is 19.8 Å². The van der Waals surface area contributed by atoms with Gasteiger partial charge in [-0.05, 0) is 6.42 Å². The van der Waals surface area contributed by atoms with E-state index in [1.165, 1.54) is 0 Å². The second-order valence-corrected chi connectivity index (χ2v) is 5.98. The van der Waals surface area contributed by atoms with Gasteiger partial charge in [-0.25, -0.2) is 4.79 Å². The highest BCUT2D eigenvalue weighted by atomic mass is 16.5. The van der Waals surface area contributed by atoms with Gasteiger partial charge in [0.05, 0.1) is 30.7 Å². The van der Waals surface area contributed by atoms with E-state index in [1.54, 1.807) is 13.8 Å². The fourth-order valence-corrected chi connectivity index (χ4v) is 2.36. The Bertz CT molecular complexity index is 405. The third-order valence-electron chi connectivity index (χ3n) is 3.80. The number of rotatable bonds is 6. The summed E-state index contributed by atoms with van der Waals surface area (Å²) in [6.45, 7) is 3.11. The zero-order valence-corrected chi connectivity index (χ0v) is 13.3. The fraction of sp³-hybridized carbons (Fsp3) is 0.857. The third-order valence-corrected chi connectivity index (χ3v) is 3.80. The van der Waals surface area contributed by atoms with Gasteiger partial charge >= 0.3 is 12.0 Å². The van der Waals surface area contributed by atoms with E-state index in [9.17, 15) is 24.9 Å². The van der Waals surface area contributed by atoms with Crippen LogP contribution in [-0.4, -0.2) is 76.5 Å². The second kappa shape index (κ2) is 9.02. The van der Waals surface area contributed by atoms with Gasteiger partial charge in [0.25, 0.3) is 0 Å². The average Bonchev–Trinajstić information content (AvgIpc) is 2.51. The van der Waals surface area contributed by atoms with Gasteiger partial charge in [-0.2, -0.15) is 0 Å². The molecule has 0 bridgehead atoms. The van der Waals surface area contributed by atoms with Crippen molar-refractivity contribution in [1.29, 1.82) is 0 Å². The first-order valence-electron chi connectivity index (χ1n) is 7.64. The zero-order valence-electron chi connectivity index (χ0n) is 13.3. The summed E-state index contributed by atoms with van der Waals surface area (Å²) < 4.78 is 4.88. The van der Waals surface area contributed by atoms with Crippen LogP contribution in [0.3, 0.4) is 0 Å². The molecule has 1 saturated carbocycles. The van der Waals surface area contributed by atoms with Gasteiger partial charge in [-0.1, -0.05) is 13.8 Å². The van der Waals surface area contributed by atoms with E-state index in [2.05, 4.69) is 10.6 Å². The summed E-state index contributed by atoms with van der Waals surface area (Å²) >= 11 is 0. The Morgan fingerprint density at radius 3 is 2.43 bits per heavy atom. The topological polar surface area (TPSA) is 148 Å². The van der Waals surface area contributed by atoms with E-state index in [1.807, 2.05) is 0 Å². The molecule has 0 radical (unpaired) electrons. The molecule has 9 nitrogen and oxygen atoms in total. The van der Waals surface area contributed by atoms with Crippen LogP contribution in [0, 0.1) is 11.8 Å². The number of nitrogens with one attached hydrogen (secondary N) is 2. The van der Waals surface area contributed by atoms with Crippen LogP contribution in [0.1, 0.15) is 20.3 Å². The lowest BCUT2D eigenvalue weighted by Gasteiger charge is -2.40. The molecule has 0 aliphatic heterocycles. The number of carbonyl (C=O) groups excluding carboxylic acids is 2. The maximum Gasteiger partial charge on any atom is 0.315 e. The quantitative estimate of drug-likeness (QED) is 0.242. The maximum atomic E-state index is 11.7. The highest BCUT2D eigenvalue weighted by Crippen LogP contribution is 2.25. The van der Waals surface area contributed by atoms with E-state index in [-0.39, 0.29) is 38.1 Å². The van der Waals surface area contributed by atoms with Crippen LogP contribution in [0.25, 0.3) is 0 Å². The second-order valence-electron chi connectivity index (χ2n) is 5.98. The highest BCUT2D eigenvalue weighted by Gasteiger charge is 2.43. The molecular formula is C14H26N2O7. The predicted molar refractivity (Wildman–Crippen MR) is 79.3 cm³/mol. The van der Waals surface area contributed by atoms with Crippen molar-refractivity contribution in [2.24, 2.45) is 11.8 Å². The summed E-state index contributed by atoms with van der Waals surface area (Å²) in [6, 6.07) is -1.71. The summed E-state index contributed by atoms with van der Waals surface area (Å²) in [7, 11) is 0. The fourth-order valence-electron chi connectivity index (χ4n) is 2.36. The largest absolute Gasteiger partial charge is 0.464 e. The Balaban J connectivity index is 2.37. The van der Waals surface area contributed by atoms with Crippen LogP contribution >= 0.6 is 0 Å². The summed E-state index contributed by atoms with van der Waals surface area (Å²) in [5, 5.41) is 43.5. The van der Waals surface area contributed by atoms with Crippen molar-refractivity contribution >= 4 is 12.0 Å². The third kappa shape index (κ3) is 5.61. The van der Waals surface area contributed by atoms with Crippen molar-refractivity contribution in [2.45, 2.75) is 44.6 Å². The number of aliphatic hydroxyl groups excluding tert-OH is 4. The molecule has 9 heteroatoms. The lowest BCUT2D eigenvalue weighted by molar-refractivity contribution is -0.147. The first-order valence-corrected chi connectivity index (χ1v) is 7.64. The summed E-state index contributed by atoms with van der Waals surface area (Å²) in [6.07, 6.45) is -3.65. The molecule has 1 aliphatic rings. The van der Waals surface area contributed by atoms with E-state index < -0.39 is 36.3 Å². The standard InChI is InChI=1S/C14H26N2O7/c1-7(2)13(21)23-4-3-15-14(22)16-10-9(18)5-8(6-17)11(19)12(10)20/h7-12,17-20H,3-6H2,1-2H3,(H2,15,16,22). The molecule has 6 N–H and O–H groups in total. The normalized spacial score (nSPS) is 30.8. The molecule has 1 rings (SSSR count). The van der Waals surface area contributed by atoms with E-state index >= 15 is 0 Å². The number of hydrogen-bond donors (Lipinski definition) is 6. The van der Waals surface area contributed by atoms with Gasteiger partial charge in [-0.15, -0.1) is 0 Å². The van der Waals surface area contributed by atoms with Crippen molar-refractivity contribution in [3.8, 4) is 0 Å². The van der Waals surface area contributed by atoms with Gasteiger partial charge in [0.1, 0.15) is 12.7 Å². The number of urea groups is 1. The number of ether oxygens (including phenoxy) is 1. The van der Waals surface area contributed by atoms with Gasteiger partial charge < -0.3 is 35.8 Å². The monoisotopic (exact) mass is 334 g/mol. The van der Waals surface area contributed by atoms with Gasteiger partial charge in [0.2, 0.25) is 0 Å². The summed E-state index contributed by atoms with van der Waals surface area (Å²) in [5.41, 5.74) is 0. The lowest BCUT2D eigenvalue weighted by Crippen LogP contribution is -2.62. The molecule has 134 valence electrons. The molecule has 0 heterocycles. The van der Waals surface area contributed by atoms with Crippen molar-refractivity contribution in [1.82, 2.24) is 10.6 Å². The van der Waals surface area contributed by atoms with Crippen molar-refractivity contribution < 1.29 is 34.8 Å². The minimum Gasteiger partial charge on any atom is -0.464 e. The minimum absolute atomic E-state index is 0.00934. The smallest absolute Gasteiger partial charge is 0.315 e. The van der Waals surface area contributed by atoms with Crippen LogP contribution in [-0.2, 0) is 9.53 Å². The Kier molecular flexibility index (Phi) is 7.69. The summed E-state index contributed by atoms with van der Waals surface area (Å²) in [4.78, 5) is 22.9. The minimum atomic E-state index is -1.39. The molecule has 0 aromatic rings.